The third-order valence-electron chi connectivity index (χ3n) is 2.45. The second-order valence-corrected chi connectivity index (χ2v) is 3.94. The number of halogens is 3. The molecule has 0 heterocycles. The summed E-state index contributed by atoms with van der Waals surface area (Å²) in [5.74, 6) is 0.120. The second-order valence-electron chi connectivity index (χ2n) is 3.94. The molecule has 0 saturated carbocycles. The van der Waals surface area contributed by atoms with Crippen molar-refractivity contribution in [2.75, 3.05) is 0 Å². The maximum Gasteiger partial charge on any atom is 0.416 e. The molecule has 0 aliphatic heterocycles. The lowest BCUT2D eigenvalue weighted by Gasteiger charge is -2.07. The first-order valence-electron chi connectivity index (χ1n) is 5.59. The number of aliphatic hydroxyl groups is 1. The van der Waals surface area contributed by atoms with Crippen molar-refractivity contribution in [3.05, 3.63) is 53.3 Å². The van der Waals surface area contributed by atoms with Gasteiger partial charge in [0.1, 0.15) is 5.76 Å². The van der Waals surface area contributed by atoms with Crippen LogP contribution in [0.2, 0.25) is 0 Å². The van der Waals surface area contributed by atoms with Crippen LogP contribution in [0, 0.1) is 0 Å². The van der Waals surface area contributed by atoms with Crippen molar-refractivity contribution in [1.82, 2.24) is 0 Å². The van der Waals surface area contributed by atoms with E-state index in [1.165, 1.54) is 18.2 Å². The van der Waals surface area contributed by atoms with Gasteiger partial charge in [-0.1, -0.05) is 19.1 Å². The highest BCUT2D eigenvalue weighted by atomic mass is 19.4. The first-order chi connectivity index (χ1) is 8.34. The Bertz CT molecular complexity index is 453. The summed E-state index contributed by atoms with van der Waals surface area (Å²) in [5, 5.41) is 9.47. The van der Waals surface area contributed by atoms with E-state index in [4.69, 9.17) is 0 Å². The predicted octanol–water partition coefficient (Wildman–Crippen LogP) is 4.96. The summed E-state index contributed by atoms with van der Waals surface area (Å²) >= 11 is 0. The fraction of sp³-hybridized carbons (Fsp3) is 0.286. The van der Waals surface area contributed by atoms with Crippen LogP contribution in [-0.4, -0.2) is 5.11 Å². The summed E-state index contributed by atoms with van der Waals surface area (Å²) in [4.78, 5) is 0. The van der Waals surface area contributed by atoms with Crippen LogP contribution in [-0.2, 0) is 6.18 Å². The Balaban J connectivity index is 2.96. The molecule has 1 N–H and O–H groups in total. The van der Waals surface area contributed by atoms with Gasteiger partial charge in [-0.15, -0.1) is 0 Å². The first kappa shape index (κ1) is 14.4. The molecule has 0 aliphatic rings. The summed E-state index contributed by atoms with van der Waals surface area (Å²) in [5.41, 5.74) is 0.692. The van der Waals surface area contributed by atoms with Crippen molar-refractivity contribution >= 4 is 5.57 Å². The smallest absolute Gasteiger partial charge is 0.416 e. The van der Waals surface area contributed by atoms with Crippen LogP contribution in [0.1, 0.15) is 31.4 Å². The fourth-order valence-electron chi connectivity index (χ4n) is 1.50. The molecule has 0 spiro atoms. The average molecular weight is 256 g/mol. The van der Waals surface area contributed by atoms with E-state index < -0.39 is 11.7 Å². The largest absolute Gasteiger partial charge is 0.508 e. The Morgan fingerprint density at radius 1 is 1.22 bits per heavy atom. The normalized spacial score (nSPS) is 13.8. The van der Waals surface area contributed by atoms with Crippen LogP contribution in [0.5, 0.6) is 0 Å². The molecule has 0 bridgehead atoms. The molecule has 0 saturated heterocycles. The standard InChI is InChI=1S/C14H15F3O/c1-3-4-13(18)9-10(2)11-5-7-12(8-6-11)14(15,16)17/h4-9,18H,3H2,1-2H3/b10-9+,13-4+. The van der Waals surface area contributed by atoms with E-state index in [1.807, 2.05) is 6.92 Å². The van der Waals surface area contributed by atoms with Gasteiger partial charge in [0.05, 0.1) is 5.56 Å². The van der Waals surface area contributed by atoms with Crippen molar-refractivity contribution in [2.24, 2.45) is 0 Å². The van der Waals surface area contributed by atoms with Crippen molar-refractivity contribution in [3.8, 4) is 0 Å². The molecule has 1 rings (SSSR count). The van der Waals surface area contributed by atoms with Crippen molar-refractivity contribution in [1.29, 1.82) is 0 Å². The molecule has 1 aromatic rings. The summed E-state index contributed by atoms with van der Waals surface area (Å²) < 4.78 is 37.1. The molecule has 0 amide bonds. The Hall–Kier alpha value is -1.71. The summed E-state index contributed by atoms with van der Waals surface area (Å²) in [6, 6.07) is 4.86. The lowest BCUT2D eigenvalue weighted by atomic mass is 10.0. The zero-order valence-electron chi connectivity index (χ0n) is 10.3. The van der Waals surface area contributed by atoms with Gasteiger partial charge in [0.25, 0.3) is 0 Å². The fourth-order valence-corrected chi connectivity index (χ4v) is 1.50. The Morgan fingerprint density at radius 2 is 1.78 bits per heavy atom. The molecule has 0 aliphatic carbocycles. The topological polar surface area (TPSA) is 20.2 Å². The van der Waals surface area contributed by atoms with Crippen molar-refractivity contribution < 1.29 is 18.3 Å². The Morgan fingerprint density at radius 3 is 2.22 bits per heavy atom. The highest BCUT2D eigenvalue weighted by Gasteiger charge is 2.29. The summed E-state index contributed by atoms with van der Waals surface area (Å²) in [6.45, 7) is 3.62. The monoisotopic (exact) mass is 256 g/mol. The highest BCUT2D eigenvalue weighted by Crippen LogP contribution is 2.30. The molecule has 0 fully saturated rings. The number of allylic oxidation sites excluding steroid dienone is 3. The lowest BCUT2D eigenvalue weighted by molar-refractivity contribution is -0.137. The zero-order chi connectivity index (χ0) is 13.8. The van der Waals surface area contributed by atoms with Gasteiger partial charge in [-0.3, -0.25) is 0 Å². The molecule has 0 unspecified atom stereocenters. The van der Waals surface area contributed by atoms with Gasteiger partial charge in [0, 0.05) is 0 Å². The molecule has 4 heteroatoms. The van der Waals surface area contributed by atoms with E-state index in [0.29, 0.717) is 17.6 Å². The summed E-state index contributed by atoms with van der Waals surface area (Å²) in [6.07, 6.45) is -0.456. The van der Waals surface area contributed by atoms with Gasteiger partial charge in [-0.2, -0.15) is 13.2 Å². The van der Waals surface area contributed by atoms with Gasteiger partial charge in [0.2, 0.25) is 0 Å². The van der Waals surface area contributed by atoms with Crippen LogP contribution in [0.3, 0.4) is 0 Å². The van der Waals surface area contributed by atoms with Crippen LogP contribution in [0.25, 0.3) is 5.57 Å². The third kappa shape index (κ3) is 3.95. The minimum atomic E-state index is -4.32. The van der Waals surface area contributed by atoms with Crippen LogP contribution in [0.15, 0.2) is 42.2 Å². The van der Waals surface area contributed by atoms with Gasteiger partial charge in [-0.05, 0) is 48.8 Å². The Kier molecular flexibility index (Phi) is 4.59. The summed E-state index contributed by atoms with van der Waals surface area (Å²) in [7, 11) is 0. The minimum Gasteiger partial charge on any atom is -0.508 e. The number of benzene rings is 1. The number of rotatable bonds is 3. The third-order valence-corrected chi connectivity index (χ3v) is 2.45. The quantitative estimate of drug-likeness (QED) is 0.598. The SMILES string of the molecule is CC/C=C(O)\C=C(/C)c1ccc(C(F)(F)F)cc1. The molecular weight excluding hydrogens is 241 g/mol. The van der Waals surface area contributed by atoms with E-state index in [1.54, 1.807) is 13.0 Å². The minimum absolute atomic E-state index is 0.120. The maximum absolute atomic E-state index is 12.4. The molecule has 18 heavy (non-hydrogen) atoms. The van der Waals surface area contributed by atoms with Crippen LogP contribution >= 0.6 is 0 Å². The van der Waals surface area contributed by atoms with E-state index in [9.17, 15) is 18.3 Å². The molecular formula is C14H15F3O. The number of alkyl halides is 3. The molecule has 0 aromatic heterocycles. The first-order valence-corrected chi connectivity index (χ1v) is 5.59. The maximum atomic E-state index is 12.4. The van der Waals surface area contributed by atoms with Gasteiger partial charge in [0.15, 0.2) is 0 Å². The zero-order valence-corrected chi connectivity index (χ0v) is 10.3. The molecule has 1 nitrogen and oxygen atoms in total. The van der Waals surface area contributed by atoms with E-state index >= 15 is 0 Å². The van der Waals surface area contributed by atoms with Gasteiger partial charge < -0.3 is 5.11 Å². The number of hydrogen-bond donors (Lipinski definition) is 1. The predicted molar refractivity (Wildman–Crippen MR) is 66.1 cm³/mol. The Labute approximate surface area is 104 Å². The second kappa shape index (κ2) is 5.76. The number of hydrogen-bond acceptors (Lipinski definition) is 1. The molecule has 1 aromatic carbocycles. The average Bonchev–Trinajstić information content (AvgIpc) is 2.28. The van der Waals surface area contributed by atoms with E-state index in [0.717, 1.165) is 12.1 Å². The molecule has 0 radical (unpaired) electrons. The highest BCUT2D eigenvalue weighted by molar-refractivity contribution is 5.66. The van der Waals surface area contributed by atoms with Crippen molar-refractivity contribution in [2.45, 2.75) is 26.4 Å². The van der Waals surface area contributed by atoms with E-state index in [2.05, 4.69) is 0 Å². The van der Waals surface area contributed by atoms with Crippen LogP contribution < -0.4 is 0 Å². The van der Waals surface area contributed by atoms with Gasteiger partial charge >= 0.3 is 6.18 Å². The van der Waals surface area contributed by atoms with Gasteiger partial charge in [-0.25, -0.2) is 0 Å². The molecule has 0 atom stereocenters. The number of aliphatic hydroxyl groups excluding tert-OH is 1. The molecule has 98 valence electrons. The lowest BCUT2D eigenvalue weighted by Crippen LogP contribution is -2.04. The van der Waals surface area contributed by atoms with Crippen molar-refractivity contribution in [3.63, 3.8) is 0 Å². The van der Waals surface area contributed by atoms with E-state index in [-0.39, 0.29) is 5.76 Å². The van der Waals surface area contributed by atoms with Crippen LogP contribution in [0.4, 0.5) is 13.2 Å².